The molecule has 0 bridgehead atoms. The Morgan fingerprint density at radius 3 is 2.22 bits per heavy atom. The van der Waals surface area contributed by atoms with E-state index in [2.05, 4.69) is 68.3 Å². The van der Waals surface area contributed by atoms with E-state index in [1.54, 1.807) is 12.1 Å². The molecule has 7 rings (SSSR count). The van der Waals surface area contributed by atoms with Gasteiger partial charge in [-0.3, -0.25) is 19.7 Å². The number of amides is 2. The molecule has 0 saturated carbocycles. The molecule has 11 heteroatoms. The van der Waals surface area contributed by atoms with Gasteiger partial charge in [0, 0.05) is 69.0 Å². The monoisotopic (exact) mass is 897 g/mol. The highest BCUT2D eigenvalue weighted by molar-refractivity contribution is 6.74. The smallest absolute Gasteiger partial charge is 0.411 e. The molecule has 2 saturated heterocycles. The molecule has 0 unspecified atom stereocenters. The van der Waals surface area contributed by atoms with Crippen molar-refractivity contribution in [2.24, 2.45) is 5.92 Å². The van der Waals surface area contributed by atoms with Crippen LogP contribution in [0.4, 0.5) is 10.5 Å². The van der Waals surface area contributed by atoms with Crippen LogP contribution >= 0.6 is 0 Å². The third-order valence-electron chi connectivity index (χ3n) is 14.1. The quantitative estimate of drug-likeness (QED) is 0.107. The maximum absolute atomic E-state index is 13.4. The number of likely N-dealkylation sites (tertiary alicyclic amines) is 2. The normalized spacial score (nSPS) is 16.8. The fourth-order valence-corrected chi connectivity index (χ4v) is 10.4. The molecule has 1 atom stereocenters. The summed E-state index contributed by atoms with van der Waals surface area (Å²) in [5.41, 5.74) is 7.51. The van der Waals surface area contributed by atoms with Crippen LogP contribution in [0.1, 0.15) is 99.6 Å². The van der Waals surface area contributed by atoms with Gasteiger partial charge in [-0.15, -0.1) is 0 Å². The number of carbonyl (C=O) groups excluding carboxylic acids is 4. The van der Waals surface area contributed by atoms with Crippen LogP contribution < -0.4 is 5.32 Å². The minimum atomic E-state index is -2.15. The number of rotatable bonds is 16. The molecule has 2 N–H and O–H groups in total. The lowest BCUT2D eigenvalue weighted by Gasteiger charge is -2.40. The van der Waals surface area contributed by atoms with E-state index in [1.165, 1.54) is 5.56 Å². The third-order valence-corrected chi connectivity index (χ3v) is 18.6. The highest BCUT2D eigenvalue weighted by Crippen LogP contribution is 2.43. The number of allylic oxidation sites excluding steroid dienone is 1. The third kappa shape index (κ3) is 12.5. The summed E-state index contributed by atoms with van der Waals surface area (Å²) in [4.78, 5) is 55.9. The first kappa shape index (κ1) is 47.6. The Hall–Kier alpha value is -5.36. The summed E-state index contributed by atoms with van der Waals surface area (Å²) in [7, 11) is -2.15. The highest BCUT2D eigenvalue weighted by Gasteiger charge is 2.40. The van der Waals surface area contributed by atoms with Crippen LogP contribution in [0.25, 0.3) is 17.2 Å². The van der Waals surface area contributed by atoms with Gasteiger partial charge in [0.05, 0.1) is 11.8 Å². The van der Waals surface area contributed by atoms with Gasteiger partial charge in [-0.1, -0.05) is 106 Å². The van der Waals surface area contributed by atoms with Gasteiger partial charge in [0.2, 0.25) is 5.91 Å². The van der Waals surface area contributed by atoms with Crippen LogP contribution in [0.3, 0.4) is 0 Å². The fourth-order valence-electron chi connectivity index (χ4n) is 9.08. The molecule has 2 fully saturated rings. The number of benzene rings is 4. The van der Waals surface area contributed by atoms with E-state index in [0.717, 1.165) is 73.0 Å². The number of hydrogen-bond acceptors (Lipinski definition) is 8. The van der Waals surface area contributed by atoms with Crippen molar-refractivity contribution in [3.05, 3.63) is 125 Å². The second kappa shape index (κ2) is 21.3. The number of ketones is 2. The summed E-state index contributed by atoms with van der Waals surface area (Å²) in [6, 6.07) is 29.7. The molecule has 4 aromatic carbocycles. The second-order valence-corrected chi connectivity index (χ2v) is 24.4. The van der Waals surface area contributed by atoms with Gasteiger partial charge in [-0.2, -0.15) is 0 Å². The summed E-state index contributed by atoms with van der Waals surface area (Å²) in [5, 5.41) is 13.6. The lowest BCUT2D eigenvalue weighted by atomic mass is 9.88. The Bertz CT molecular complexity index is 2320. The number of aryl methyl sites for hydroxylation is 1. The Kier molecular flexibility index (Phi) is 15.6. The van der Waals surface area contributed by atoms with Gasteiger partial charge in [0.25, 0.3) is 0 Å². The first-order chi connectivity index (χ1) is 31.1. The first-order valence-electron chi connectivity index (χ1n) is 23.6. The number of nitrogens with one attached hydrogen (secondary N) is 1. The molecule has 1 aliphatic carbocycles. The van der Waals surface area contributed by atoms with Crippen LogP contribution in [0.5, 0.6) is 5.75 Å². The molecule has 10 nitrogen and oxygen atoms in total. The van der Waals surface area contributed by atoms with E-state index in [9.17, 15) is 24.3 Å². The molecule has 2 heterocycles. The molecule has 0 spiro atoms. The lowest BCUT2D eigenvalue weighted by Crippen LogP contribution is -2.43. The number of phenols is 1. The number of piperidine rings is 2. The van der Waals surface area contributed by atoms with E-state index in [-0.39, 0.29) is 52.8 Å². The van der Waals surface area contributed by atoms with E-state index in [0.29, 0.717) is 56.6 Å². The molecule has 3 aliphatic rings. The number of carbonyl (C=O) groups is 4. The van der Waals surface area contributed by atoms with E-state index in [1.807, 2.05) is 71.6 Å². The Morgan fingerprint density at radius 2 is 1.51 bits per heavy atom. The van der Waals surface area contributed by atoms with Crippen LogP contribution in [-0.2, 0) is 42.8 Å². The molecule has 0 radical (unpaired) electrons. The zero-order valence-electron chi connectivity index (χ0n) is 38.9. The lowest BCUT2D eigenvalue weighted by molar-refractivity contribution is -0.135. The van der Waals surface area contributed by atoms with Crippen molar-refractivity contribution in [3.63, 3.8) is 0 Å². The summed E-state index contributed by atoms with van der Waals surface area (Å²) in [6.07, 6.45) is 9.08. The molecule has 65 heavy (non-hydrogen) atoms. The van der Waals surface area contributed by atoms with E-state index in [4.69, 9.17) is 9.16 Å². The molecule has 0 aromatic heterocycles. The van der Waals surface area contributed by atoms with Crippen LogP contribution in [0, 0.1) is 5.92 Å². The predicted molar refractivity (Wildman–Crippen MR) is 260 cm³/mol. The number of nitrogens with zero attached hydrogens (tertiary/aromatic N) is 2. The van der Waals surface area contributed by atoms with Crippen molar-refractivity contribution < 1.29 is 33.4 Å². The van der Waals surface area contributed by atoms with Gasteiger partial charge in [-0.25, -0.2) is 4.79 Å². The number of hydrogen-bond donors (Lipinski definition) is 2. The standard InChI is InChI=1S/C54H67N3O7Si/c1-54(2,3)65(4,5)64-51(46-24-25-49(59)47-37-42(58)22-23-45(46)47)17-11-12-38-18-20-39(21-19-38)36-50(60)41-26-34-57(35-27-41)52(61)30-33-56-31-28-43(29-32-56)63-53(62)55-48-16-10-9-15-44(48)40-13-7-6-8-14-40/h6-10,13-16,18-25,41,43,51,59H,11-12,17,26-37H2,1-5H3,(H,55,62)/t51-/m0/s1. The second-order valence-electron chi connectivity index (χ2n) is 19.6. The van der Waals surface area contributed by atoms with Gasteiger partial charge >= 0.3 is 6.09 Å². The van der Waals surface area contributed by atoms with Crippen LogP contribution in [-0.4, -0.2) is 85.6 Å². The summed E-state index contributed by atoms with van der Waals surface area (Å²) in [6.45, 7) is 14.6. The molecular formula is C54H67N3O7Si. The summed E-state index contributed by atoms with van der Waals surface area (Å²) >= 11 is 0. The zero-order valence-corrected chi connectivity index (χ0v) is 39.9. The van der Waals surface area contributed by atoms with Crippen LogP contribution in [0.2, 0.25) is 18.1 Å². The topological polar surface area (TPSA) is 125 Å². The number of ether oxygens (including phenoxy) is 1. The maximum atomic E-state index is 13.4. The number of phenolic OH excluding ortho intramolecular Hbond substituents is 1. The maximum Gasteiger partial charge on any atom is 0.411 e. The molecule has 2 aliphatic heterocycles. The molecular weight excluding hydrogens is 831 g/mol. The van der Waals surface area contributed by atoms with E-state index >= 15 is 0 Å². The number of Topliss-reactive ketones (excluding diaryl/α,β-unsaturated/α-hetero) is 1. The number of aromatic hydroxyl groups is 1. The van der Waals surface area contributed by atoms with Crippen molar-refractivity contribution in [2.45, 2.75) is 115 Å². The Labute approximate surface area is 386 Å². The summed E-state index contributed by atoms with van der Waals surface area (Å²) < 4.78 is 12.8. The summed E-state index contributed by atoms with van der Waals surface area (Å²) in [5.74, 6) is 0.473. The highest BCUT2D eigenvalue weighted by atomic mass is 28.4. The van der Waals surface area contributed by atoms with Gasteiger partial charge in [-0.05, 0) is 109 Å². The number of para-hydroxylation sites is 1. The fraction of sp³-hybridized carbons (Fsp3) is 0.444. The predicted octanol–water partition coefficient (Wildman–Crippen LogP) is 10.7. The van der Waals surface area contributed by atoms with Crippen molar-refractivity contribution >= 4 is 43.6 Å². The van der Waals surface area contributed by atoms with Gasteiger partial charge in [0.1, 0.15) is 17.6 Å². The molecule has 2 amide bonds. The minimum Gasteiger partial charge on any atom is -0.508 e. The largest absolute Gasteiger partial charge is 0.508 e. The number of fused-ring (bicyclic) bond motifs is 1. The molecule has 4 aromatic rings. The van der Waals surface area contributed by atoms with Gasteiger partial charge in [0.15, 0.2) is 14.1 Å². The Balaban J connectivity index is 0.812. The van der Waals surface area contributed by atoms with Crippen molar-refractivity contribution in [2.75, 3.05) is 38.0 Å². The molecule has 344 valence electrons. The Morgan fingerprint density at radius 1 is 0.831 bits per heavy atom. The van der Waals surface area contributed by atoms with Crippen molar-refractivity contribution in [1.82, 2.24) is 9.80 Å². The SMILES string of the molecule is CC(C)(C)[Si](C)(C)O[C@@H](CCCc1ccc(CC(=O)C2CCN(C(=O)CCN3CCC(OC(=O)Nc4ccccc4-c4ccccc4)CC3)CC2)cc1)c1ccc(O)c2c1C=CC(=O)C2. The van der Waals surface area contributed by atoms with Crippen LogP contribution in [0.15, 0.2) is 97.1 Å². The van der Waals surface area contributed by atoms with E-state index < -0.39 is 14.4 Å². The van der Waals surface area contributed by atoms with Crippen molar-refractivity contribution in [1.29, 1.82) is 0 Å². The minimum absolute atomic E-state index is 0.00985. The first-order valence-corrected chi connectivity index (χ1v) is 26.5. The zero-order chi connectivity index (χ0) is 46.1. The average Bonchev–Trinajstić information content (AvgIpc) is 3.29. The average molecular weight is 898 g/mol. The van der Waals surface area contributed by atoms with Crippen molar-refractivity contribution in [3.8, 4) is 16.9 Å². The number of anilines is 1. The van der Waals surface area contributed by atoms with Gasteiger partial charge < -0.3 is 24.1 Å².